The monoisotopic (exact) mass is 550 g/mol. The Morgan fingerprint density at radius 3 is 2.42 bits per heavy atom. The molecule has 10 nitrogen and oxygen atoms in total. The molecule has 0 aliphatic carbocycles. The molecule has 1 fully saturated rings. The lowest BCUT2D eigenvalue weighted by molar-refractivity contribution is -0.136. The fourth-order valence-electron chi connectivity index (χ4n) is 5.20. The molecule has 1 amide bonds. The van der Waals surface area contributed by atoms with E-state index in [4.69, 9.17) is 5.11 Å². The average Bonchev–Trinajstić information content (AvgIpc) is 3.30. The van der Waals surface area contributed by atoms with Gasteiger partial charge in [0.25, 0.3) is 0 Å². The standard InChI is InChI=1S/C28H32F2N8O2/c1-16(2)38-18(4)33-27-21(29)11-20(12-23(27)38)26-22(30)14-32-28(35-26)34-24-6-5-19(13-31-24)17(3)36-7-9-37(10-8-36)25(40)15-39/h5-6,11-14,16-17,39H,7-10,15H2,1-4H3,(H,31,32,34,35)/t17-/m0/s1. The zero-order chi connectivity index (χ0) is 28.6. The molecule has 1 aromatic carbocycles. The number of benzene rings is 1. The number of halogens is 2. The second-order valence-corrected chi connectivity index (χ2v) is 10.2. The molecule has 1 atom stereocenters. The Hall–Kier alpha value is -4.03. The van der Waals surface area contributed by atoms with Crippen molar-refractivity contribution in [2.75, 3.05) is 38.1 Å². The first kappa shape index (κ1) is 27.5. The third-order valence-electron chi connectivity index (χ3n) is 7.32. The molecular weight excluding hydrogens is 518 g/mol. The number of piperazine rings is 1. The number of hydrogen-bond acceptors (Lipinski definition) is 8. The van der Waals surface area contributed by atoms with Crippen LogP contribution in [-0.2, 0) is 4.79 Å². The largest absolute Gasteiger partial charge is 0.387 e. The molecule has 40 heavy (non-hydrogen) atoms. The van der Waals surface area contributed by atoms with Crippen LogP contribution < -0.4 is 5.32 Å². The molecule has 0 radical (unpaired) electrons. The number of imidazole rings is 1. The maximum absolute atomic E-state index is 15.0. The fourth-order valence-corrected chi connectivity index (χ4v) is 5.20. The summed E-state index contributed by atoms with van der Waals surface area (Å²) in [6.45, 7) is 9.90. The van der Waals surface area contributed by atoms with Gasteiger partial charge in [-0.2, -0.15) is 0 Å². The van der Waals surface area contributed by atoms with Gasteiger partial charge in [-0.3, -0.25) is 9.69 Å². The first-order valence-electron chi connectivity index (χ1n) is 13.2. The molecule has 5 rings (SSSR count). The number of amides is 1. The number of anilines is 2. The van der Waals surface area contributed by atoms with E-state index in [0.717, 1.165) is 11.8 Å². The lowest BCUT2D eigenvalue weighted by atomic mass is 10.1. The van der Waals surface area contributed by atoms with E-state index in [1.165, 1.54) is 6.07 Å². The van der Waals surface area contributed by atoms with Gasteiger partial charge < -0.3 is 19.9 Å². The maximum Gasteiger partial charge on any atom is 0.248 e. The smallest absolute Gasteiger partial charge is 0.248 e. The number of hydrogen-bond donors (Lipinski definition) is 2. The number of fused-ring (bicyclic) bond motifs is 1. The van der Waals surface area contributed by atoms with Gasteiger partial charge in [0.2, 0.25) is 11.9 Å². The van der Waals surface area contributed by atoms with Crippen molar-refractivity contribution >= 4 is 28.7 Å². The highest BCUT2D eigenvalue weighted by atomic mass is 19.1. The van der Waals surface area contributed by atoms with Crippen LogP contribution in [0.4, 0.5) is 20.5 Å². The summed E-state index contributed by atoms with van der Waals surface area (Å²) in [5.74, 6) is -0.191. The lowest BCUT2D eigenvalue weighted by Gasteiger charge is -2.38. The number of aryl methyl sites for hydroxylation is 1. The van der Waals surface area contributed by atoms with E-state index >= 15 is 0 Å². The van der Waals surface area contributed by atoms with Crippen molar-refractivity contribution in [3.05, 3.63) is 59.7 Å². The first-order chi connectivity index (χ1) is 19.2. The SMILES string of the molecule is Cc1nc2c(F)cc(-c3nc(Nc4ccc([C@H](C)N5CCN(C(=O)CO)CC5)cn4)ncc3F)cc2n1C(C)C. The van der Waals surface area contributed by atoms with Crippen molar-refractivity contribution < 1.29 is 18.7 Å². The Kier molecular flexibility index (Phi) is 7.72. The second-order valence-electron chi connectivity index (χ2n) is 10.2. The predicted octanol–water partition coefficient (Wildman–Crippen LogP) is 4.00. The van der Waals surface area contributed by atoms with Crippen LogP contribution in [-0.4, -0.2) is 78.1 Å². The summed E-state index contributed by atoms with van der Waals surface area (Å²) in [7, 11) is 0. The number of aliphatic hydroxyl groups is 1. The topological polar surface area (TPSA) is 112 Å². The number of pyridine rings is 1. The molecule has 0 unspecified atom stereocenters. The highest BCUT2D eigenvalue weighted by Gasteiger charge is 2.24. The van der Waals surface area contributed by atoms with E-state index in [9.17, 15) is 13.6 Å². The summed E-state index contributed by atoms with van der Waals surface area (Å²) in [4.78, 5) is 32.8. The number of aliphatic hydroxyl groups excluding tert-OH is 1. The molecule has 0 bridgehead atoms. The maximum atomic E-state index is 15.0. The highest BCUT2D eigenvalue weighted by Crippen LogP contribution is 2.30. The van der Waals surface area contributed by atoms with Gasteiger partial charge in [-0.05, 0) is 51.5 Å². The van der Waals surface area contributed by atoms with Crippen LogP contribution in [0, 0.1) is 18.6 Å². The third-order valence-corrected chi connectivity index (χ3v) is 7.32. The summed E-state index contributed by atoms with van der Waals surface area (Å²) in [6.07, 6.45) is 2.80. The summed E-state index contributed by atoms with van der Waals surface area (Å²) in [5, 5.41) is 12.1. The van der Waals surface area contributed by atoms with Crippen LogP contribution in [0.25, 0.3) is 22.3 Å². The minimum atomic E-state index is -0.672. The minimum absolute atomic E-state index is 0.0310. The van der Waals surface area contributed by atoms with E-state index in [-0.39, 0.29) is 40.7 Å². The molecule has 1 aliphatic heterocycles. The third kappa shape index (κ3) is 5.36. The number of carbonyl (C=O) groups is 1. The van der Waals surface area contributed by atoms with Gasteiger partial charge in [0.15, 0.2) is 11.6 Å². The summed E-state index contributed by atoms with van der Waals surface area (Å²) < 4.78 is 31.7. The van der Waals surface area contributed by atoms with Crippen LogP contribution in [0.2, 0.25) is 0 Å². The van der Waals surface area contributed by atoms with Crippen molar-refractivity contribution in [3.63, 3.8) is 0 Å². The second kappa shape index (κ2) is 11.2. The lowest BCUT2D eigenvalue weighted by Crippen LogP contribution is -2.50. The number of nitrogens with zero attached hydrogens (tertiary/aromatic N) is 7. The van der Waals surface area contributed by atoms with Gasteiger partial charge in [0.05, 0.1) is 11.7 Å². The van der Waals surface area contributed by atoms with Crippen molar-refractivity contribution in [3.8, 4) is 11.3 Å². The van der Waals surface area contributed by atoms with Gasteiger partial charge in [-0.25, -0.2) is 28.7 Å². The van der Waals surface area contributed by atoms with Gasteiger partial charge in [0.1, 0.15) is 29.5 Å². The molecule has 4 aromatic rings. The van der Waals surface area contributed by atoms with Crippen molar-refractivity contribution in [2.45, 2.75) is 39.8 Å². The Bertz CT molecular complexity index is 1530. The van der Waals surface area contributed by atoms with E-state index in [1.807, 2.05) is 31.4 Å². The average molecular weight is 551 g/mol. The van der Waals surface area contributed by atoms with E-state index < -0.39 is 18.2 Å². The number of rotatable bonds is 7. The van der Waals surface area contributed by atoms with Crippen molar-refractivity contribution in [2.24, 2.45) is 0 Å². The molecular formula is C28H32F2N8O2. The van der Waals surface area contributed by atoms with Crippen molar-refractivity contribution in [1.29, 1.82) is 0 Å². The first-order valence-corrected chi connectivity index (χ1v) is 13.2. The van der Waals surface area contributed by atoms with Gasteiger partial charge >= 0.3 is 0 Å². The van der Waals surface area contributed by atoms with E-state index in [1.54, 1.807) is 23.2 Å². The van der Waals surface area contributed by atoms with Crippen LogP contribution in [0.5, 0.6) is 0 Å². The Morgan fingerprint density at radius 1 is 1.02 bits per heavy atom. The number of aromatic nitrogens is 5. The highest BCUT2D eigenvalue weighted by molar-refractivity contribution is 5.83. The Balaban J connectivity index is 1.33. The molecule has 4 heterocycles. The molecule has 1 saturated heterocycles. The number of nitrogens with one attached hydrogen (secondary N) is 1. The Labute approximate surface area is 230 Å². The molecule has 12 heteroatoms. The fraction of sp³-hybridized carbons (Fsp3) is 0.393. The molecule has 3 aromatic heterocycles. The molecule has 0 saturated carbocycles. The molecule has 0 spiro atoms. The normalized spacial score (nSPS) is 15.2. The zero-order valence-electron chi connectivity index (χ0n) is 22.9. The molecule has 1 aliphatic rings. The van der Waals surface area contributed by atoms with Gasteiger partial charge in [-0.1, -0.05) is 6.07 Å². The quantitative estimate of drug-likeness (QED) is 0.355. The Morgan fingerprint density at radius 2 is 1.77 bits per heavy atom. The van der Waals surface area contributed by atoms with E-state index in [2.05, 4.69) is 37.1 Å². The van der Waals surface area contributed by atoms with Crippen molar-refractivity contribution in [1.82, 2.24) is 34.3 Å². The van der Waals surface area contributed by atoms with Crippen LogP contribution >= 0.6 is 0 Å². The molecule has 210 valence electrons. The van der Waals surface area contributed by atoms with Crippen LogP contribution in [0.3, 0.4) is 0 Å². The van der Waals surface area contributed by atoms with Crippen LogP contribution in [0.1, 0.15) is 44.2 Å². The summed E-state index contributed by atoms with van der Waals surface area (Å²) >= 11 is 0. The predicted molar refractivity (Wildman–Crippen MR) is 147 cm³/mol. The minimum Gasteiger partial charge on any atom is -0.387 e. The van der Waals surface area contributed by atoms with E-state index in [0.29, 0.717) is 43.3 Å². The zero-order valence-corrected chi connectivity index (χ0v) is 22.9. The summed E-state index contributed by atoms with van der Waals surface area (Å²) in [6, 6.07) is 6.79. The number of carbonyl (C=O) groups excluding carboxylic acids is 1. The summed E-state index contributed by atoms with van der Waals surface area (Å²) in [5.41, 5.74) is 2.06. The van der Waals surface area contributed by atoms with Crippen LogP contribution in [0.15, 0.2) is 36.7 Å². The van der Waals surface area contributed by atoms with Gasteiger partial charge in [0, 0.05) is 50.0 Å². The molecule has 2 N–H and O–H groups in total. The van der Waals surface area contributed by atoms with Gasteiger partial charge in [-0.15, -0.1) is 0 Å².